The van der Waals surface area contributed by atoms with E-state index in [0.29, 0.717) is 0 Å². The Morgan fingerprint density at radius 2 is 2.38 bits per heavy atom. The Labute approximate surface area is 95.6 Å². The highest BCUT2D eigenvalue weighted by Crippen LogP contribution is 2.42. The Morgan fingerprint density at radius 1 is 1.62 bits per heavy atom. The van der Waals surface area contributed by atoms with Gasteiger partial charge in [0.05, 0.1) is 19.4 Å². The molecule has 0 bridgehead atoms. The zero-order valence-electron chi connectivity index (χ0n) is 9.68. The molecule has 1 aliphatic heterocycles. The number of rotatable bonds is 3. The van der Waals surface area contributed by atoms with Crippen LogP contribution in [-0.4, -0.2) is 38.5 Å². The van der Waals surface area contributed by atoms with Gasteiger partial charge >= 0.3 is 0 Å². The Bertz CT molecular complexity index is 381. The molecule has 0 fully saturated rings. The third kappa shape index (κ3) is 1.64. The van der Waals surface area contributed by atoms with Gasteiger partial charge in [-0.2, -0.15) is 0 Å². The number of para-hydroxylation sites is 1. The van der Waals surface area contributed by atoms with E-state index in [1.54, 1.807) is 7.11 Å². The fraction of sp³-hybridized carbons (Fsp3) is 0.500. The monoisotopic (exact) mass is 222 g/mol. The second-order valence-electron chi connectivity index (χ2n) is 4.23. The van der Waals surface area contributed by atoms with Crippen LogP contribution in [0, 0.1) is 0 Å². The van der Waals surface area contributed by atoms with Gasteiger partial charge in [0.2, 0.25) is 0 Å². The molecular formula is C12H18N2O2. The van der Waals surface area contributed by atoms with Gasteiger partial charge in [0.15, 0.2) is 0 Å². The second-order valence-corrected chi connectivity index (χ2v) is 4.23. The summed E-state index contributed by atoms with van der Waals surface area (Å²) >= 11 is 0. The number of likely N-dealkylation sites (N-methyl/N-ethyl adjacent to an activating group) is 1. The molecule has 1 heterocycles. The van der Waals surface area contributed by atoms with Crippen molar-refractivity contribution in [1.29, 1.82) is 0 Å². The van der Waals surface area contributed by atoms with Gasteiger partial charge in [-0.25, -0.2) is 0 Å². The van der Waals surface area contributed by atoms with Gasteiger partial charge in [0.1, 0.15) is 5.75 Å². The summed E-state index contributed by atoms with van der Waals surface area (Å²) in [6, 6.07) is 5.76. The number of benzene rings is 1. The van der Waals surface area contributed by atoms with E-state index in [1.165, 1.54) is 5.56 Å². The predicted octanol–water partition coefficient (Wildman–Crippen LogP) is 0.548. The van der Waals surface area contributed by atoms with Gasteiger partial charge in [-0.15, -0.1) is 0 Å². The molecular weight excluding hydrogens is 204 g/mol. The van der Waals surface area contributed by atoms with E-state index in [1.807, 2.05) is 19.2 Å². The molecule has 0 aromatic heterocycles. The number of anilines is 1. The minimum atomic E-state index is -0.212. The zero-order valence-corrected chi connectivity index (χ0v) is 9.68. The van der Waals surface area contributed by atoms with Crippen molar-refractivity contribution < 1.29 is 9.84 Å². The van der Waals surface area contributed by atoms with E-state index in [-0.39, 0.29) is 18.6 Å². The molecule has 4 nitrogen and oxygen atoms in total. The number of hydrogen-bond acceptors (Lipinski definition) is 4. The first-order valence-electron chi connectivity index (χ1n) is 5.43. The first-order valence-corrected chi connectivity index (χ1v) is 5.43. The topological polar surface area (TPSA) is 58.7 Å². The van der Waals surface area contributed by atoms with E-state index in [2.05, 4.69) is 11.0 Å². The third-order valence-corrected chi connectivity index (χ3v) is 3.23. The lowest BCUT2D eigenvalue weighted by Gasteiger charge is -2.17. The predicted molar refractivity (Wildman–Crippen MR) is 64.1 cm³/mol. The molecule has 2 atom stereocenters. The highest BCUT2D eigenvalue weighted by Gasteiger charge is 2.32. The second kappa shape index (κ2) is 4.31. The number of fused-ring (bicyclic) bond motifs is 1. The van der Waals surface area contributed by atoms with Gasteiger partial charge in [-0.05, 0) is 11.6 Å². The number of hydrogen-bond donors (Lipinski definition) is 2. The summed E-state index contributed by atoms with van der Waals surface area (Å²) in [5, 5.41) is 9.16. The highest BCUT2D eigenvalue weighted by atomic mass is 16.5. The number of nitrogens with zero attached hydrogens (tertiary/aromatic N) is 1. The van der Waals surface area contributed by atoms with Crippen LogP contribution in [0.1, 0.15) is 11.5 Å². The quantitative estimate of drug-likeness (QED) is 0.784. The van der Waals surface area contributed by atoms with Crippen LogP contribution in [0.2, 0.25) is 0 Å². The Hall–Kier alpha value is -1.26. The van der Waals surface area contributed by atoms with Crippen LogP contribution in [0.25, 0.3) is 0 Å². The lowest BCUT2D eigenvalue weighted by molar-refractivity contribution is 0.251. The largest absolute Gasteiger partial charge is 0.495 e. The smallest absolute Gasteiger partial charge is 0.142 e. The number of aliphatic hydroxyl groups is 1. The van der Waals surface area contributed by atoms with Gasteiger partial charge in [0.25, 0.3) is 0 Å². The Balaban J connectivity index is 2.43. The fourth-order valence-electron chi connectivity index (χ4n) is 2.39. The molecule has 0 saturated carbocycles. The van der Waals surface area contributed by atoms with Crippen molar-refractivity contribution in [2.75, 3.05) is 32.2 Å². The maximum Gasteiger partial charge on any atom is 0.142 e. The molecule has 2 unspecified atom stereocenters. The van der Waals surface area contributed by atoms with Crippen molar-refractivity contribution in [1.82, 2.24) is 0 Å². The molecule has 3 N–H and O–H groups in total. The van der Waals surface area contributed by atoms with Gasteiger partial charge in [-0.1, -0.05) is 12.1 Å². The Morgan fingerprint density at radius 3 is 3.00 bits per heavy atom. The SMILES string of the molecule is COc1cccc2c1N(C)CC2C(N)CO. The molecule has 1 aliphatic rings. The van der Waals surface area contributed by atoms with Crippen LogP contribution in [0.4, 0.5) is 5.69 Å². The van der Waals surface area contributed by atoms with E-state index >= 15 is 0 Å². The van der Waals surface area contributed by atoms with Crippen LogP contribution in [0.3, 0.4) is 0 Å². The maximum atomic E-state index is 9.16. The standard InChI is InChI=1S/C12H18N2O2/c1-14-6-9(10(13)7-15)8-4-3-5-11(16-2)12(8)14/h3-5,9-10,15H,6-7,13H2,1-2H3. The van der Waals surface area contributed by atoms with Crippen molar-refractivity contribution in [2.45, 2.75) is 12.0 Å². The van der Waals surface area contributed by atoms with Crippen LogP contribution in [0.5, 0.6) is 5.75 Å². The molecule has 1 aromatic carbocycles. The normalized spacial score (nSPS) is 20.8. The van der Waals surface area contributed by atoms with Crippen molar-refractivity contribution >= 4 is 5.69 Å². The molecule has 2 rings (SSSR count). The van der Waals surface area contributed by atoms with Crippen molar-refractivity contribution in [3.63, 3.8) is 0 Å². The lowest BCUT2D eigenvalue weighted by Crippen LogP contribution is -2.34. The minimum Gasteiger partial charge on any atom is -0.495 e. The highest BCUT2D eigenvalue weighted by molar-refractivity contribution is 5.68. The van der Waals surface area contributed by atoms with E-state index in [4.69, 9.17) is 15.6 Å². The third-order valence-electron chi connectivity index (χ3n) is 3.23. The summed E-state index contributed by atoms with van der Waals surface area (Å²) < 4.78 is 5.34. The number of aliphatic hydroxyl groups excluding tert-OH is 1. The first kappa shape index (κ1) is 11.2. The summed E-state index contributed by atoms with van der Waals surface area (Å²) in [4.78, 5) is 2.13. The van der Waals surface area contributed by atoms with Crippen LogP contribution >= 0.6 is 0 Å². The molecule has 16 heavy (non-hydrogen) atoms. The molecule has 88 valence electrons. The molecule has 0 aliphatic carbocycles. The van der Waals surface area contributed by atoms with Crippen LogP contribution in [-0.2, 0) is 0 Å². The number of methoxy groups -OCH3 is 1. The molecule has 0 amide bonds. The van der Waals surface area contributed by atoms with E-state index in [0.717, 1.165) is 18.0 Å². The van der Waals surface area contributed by atoms with Crippen molar-refractivity contribution in [2.24, 2.45) is 5.73 Å². The van der Waals surface area contributed by atoms with Gasteiger partial charge in [-0.3, -0.25) is 0 Å². The fourth-order valence-corrected chi connectivity index (χ4v) is 2.39. The summed E-state index contributed by atoms with van der Waals surface area (Å²) in [5.41, 5.74) is 8.20. The van der Waals surface area contributed by atoms with Crippen molar-refractivity contribution in [3.8, 4) is 5.75 Å². The van der Waals surface area contributed by atoms with Gasteiger partial charge < -0.3 is 20.5 Å². The average Bonchev–Trinajstić information content (AvgIpc) is 2.66. The molecule has 0 spiro atoms. The molecule has 0 radical (unpaired) electrons. The zero-order chi connectivity index (χ0) is 11.7. The van der Waals surface area contributed by atoms with E-state index in [9.17, 15) is 0 Å². The molecule has 0 saturated heterocycles. The van der Waals surface area contributed by atoms with Crippen LogP contribution in [0.15, 0.2) is 18.2 Å². The van der Waals surface area contributed by atoms with Crippen LogP contribution < -0.4 is 15.4 Å². The first-order chi connectivity index (χ1) is 7.69. The van der Waals surface area contributed by atoms with E-state index < -0.39 is 0 Å². The summed E-state index contributed by atoms with van der Waals surface area (Å²) in [7, 11) is 3.69. The lowest BCUT2D eigenvalue weighted by atomic mass is 9.94. The van der Waals surface area contributed by atoms with Crippen molar-refractivity contribution in [3.05, 3.63) is 23.8 Å². The summed E-state index contributed by atoms with van der Waals surface area (Å²) in [6.07, 6.45) is 0. The molecule has 1 aromatic rings. The van der Waals surface area contributed by atoms with Gasteiger partial charge in [0, 0.05) is 25.6 Å². The summed E-state index contributed by atoms with van der Waals surface area (Å²) in [5.74, 6) is 1.05. The average molecular weight is 222 g/mol. The summed E-state index contributed by atoms with van der Waals surface area (Å²) in [6.45, 7) is 0.840. The number of ether oxygens (including phenoxy) is 1. The minimum absolute atomic E-state index is 0.00908. The molecule has 4 heteroatoms. The Kier molecular flexibility index (Phi) is 3.03. The number of nitrogens with two attached hydrogens (primary N) is 1. The maximum absolute atomic E-state index is 9.16.